The summed E-state index contributed by atoms with van der Waals surface area (Å²) in [5.41, 5.74) is 0.723. The van der Waals surface area contributed by atoms with E-state index >= 15 is 0 Å². The average molecular weight is 386 g/mol. The van der Waals surface area contributed by atoms with Crippen molar-refractivity contribution in [1.29, 1.82) is 0 Å². The molecule has 2 aromatic carbocycles. The van der Waals surface area contributed by atoms with E-state index in [1.54, 1.807) is 24.3 Å². The van der Waals surface area contributed by atoms with E-state index in [9.17, 15) is 18.8 Å². The highest BCUT2D eigenvalue weighted by atomic mass is 19.1. The Morgan fingerprint density at radius 2 is 2.04 bits per heavy atom. The van der Waals surface area contributed by atoms with Crippen LogP contribution in [0.1, 0.15) is 13.3 Å². The van der Waals surface area contributed by atoms with Gasteiger partial charge in [0.25, 0.3) is 5.91 Å². The molecule has 8 heteroatoms. The van der Waals surface area contributed by atoms with E-state index in [0.717, 1.165) is 6.07 Å². The molecule has 1 heterocycles. The summed E-state index contributed by atoms with van der Waals surface area (Å²) >= 11 is 0. The van der Waals surface area contributed by atoms with Crippen LogP contribution in [-0.2, 0) is 19.1 Å². The molecule has 1 N–H and O–H groups in total. The van der Waals surface area contributed by atoms with Crippen LogP contribution in [0.5, 0.6) is 5.75 Å². The zero-order chi connectivity index (χ0) is 20.1. The number of hydrogen-bond acceptors (Lipinski definition) is 5. The van der Waals surface area contributed by atoms with Crippen LogP contribution in [0.25, 0.3) is 0 Å². The van der Waals surface area contributed by atoms with Crippen molar-refractivity contribution in [2.24, 2.45) is 0 Å². The molecule has 1 aliphatic rings. The Hall–Kier alpha value is -3.42. The molecular formula is C20H19FN2O5. The summed E-state index contributed by atoms with van der Waals surface area (Å²) in [7, 11) is 0. The van der Waals surface area contributed by atoms with Crippen LogP contribution < -0.4 is 15.0 Å². The normalized spacial score (nSPS) is 14.4. The van der Waals surface area contributed by atoms with E-state index in [2.05, 4.69) is 5.32 Å². The van der Waals surface area contributed by atoms with Gasteiger partial charge >= 0.3 is 5.97 Å². The monoisotopic (exact) mass is 386 g/mol. The topological polar surface area (TPSA) is 84.9 Å². The van der Waals surface area contributed by atoms with Gasteiger partial charge < -0.3 is 14.8 Å². The third kappa shape index (κ3) is 4.64. The number of carbonyl (C=O) groups is 3. The third-order valence-electron chi connectivity index (χ3n) is 4.09. The predicted molar refractivity (Wildman–Crippen MR) is 99.5 cm³/mol. The Balaban J connectivity index is 1.63. The lowest BCUT2D eigenvalue weighted by Gasteiger charge is -2.22. The Kier molecular flexibility index (Phi) is 5.88. The van der Waals surface area contributed by atoms with Crippen LogP contribution in [0.2, 0.25) is 0 Å². The number of hydrogen-bond donors (Lipinski definition) is 1. The molecule has 28 heavy (non-hydrogen) atoms. The van der Waals surface area contributed by atoms with Gasteiger partial charge in [-0.25, -0.2) is 4.39 Å². The number of fused-ring (bicyclic) bond motifs is 1. The van der Waals surface area contributed by atoms with E-state index < -0.39 is 23.8 Å². The molecule has 0 radical (unpaired) electrons. The summed E-state index contributed by atoms with van der Waals surface area (Å²) in [5, 5.41) is 2.47. The molecule has 146 valence electrons. The van der Waals surface area contributed by atoms with Crippen molar-refractivity contribution < 1.29 is 28.2 Å². The van der Waals surface area contributed by atoms with Crippen LogP contribution in [0.15, 0.2) is 48.5 Å². The zero-order valence-corrected chi connectivity index (χ0v) is 15.2. The first-order valence-electron chi connectivity index (χ1n) is 8.72. The van der Waals surface area contributed by atoms with Crippen LogP contribution in [0.3, 0.4) is 0 Å². The predicted octanol–water partition coefficient (Wildman–Crippen LogP) is 2.51. The summed E-state index contributed by atoms with van der Waals surface area (Å²) in [6.07, 6.45) is -0.998. The Bertz CT molecular complexity index is 902. The molecule has 7 nitrogen and oxygen atoms in total. The summed E-state index contributed by atoms with van der Waals surface area (Å²) in [6.45, 7) is 1.26. The van der Waals surface area contributed by atoms with Gasteiger partial charge in [-0.2, -0.15) is 0 Å². The minimum absolute atomic E-state index is 0.123. The van der Waals surface area contributed by atoms with Gasteiger partial charge in [-0.05, 0) is 37.3 Å². The van der Waals surface area contributed by atoms with Crippen molar-refractivity contribution in [3.8, 4) is 5.75 Å². The minimum atomic E-state index is -1.12. The molecular weight excluding hydrogens is 367 g/mol. The first kappa shape index (κ1) is 19.3. The molecule has 0 bridgehead atoms. The van der Waals surface area contributed by atoms with Crippen LogP contribution in [-0.4, -0.2) is 37.0 Å². The number of halogens is 1. The van der Waals surface area contributed by atoms with E-state index in [-0.39, 0.29) is 31.2 Å². The maximum Gasteiger partial charge on any atom is 0.326 e. The number of amides is 2. The number of nitrogens with one attached hydrogen (secondary N) is 1. The van der Waals surface area contributed by atoms with Crippen LogP contribution in [0, 0.1) is 5.82 Å². The van der Waals surface area contributed by atoms with Gasteiger partial charge in [0.2, 0.25) is 5.91 Å². The first-order chi connectivity index (χ1) is 13.4. The fraction of sp³-hybridized carbons (Fsp3) is 0.250. The number of esters is 1. The average Bonchev–Trinajstić information content (AvgIpc) is 2.81. The summed E-state index contributed by atoms with van der Waals surface area (Å²) < 4.78 is 23.9. The summed E-state index contributed by atoms with van der Waals surface area (Å²) in [6, 6.07) is 12.2. The molecule has 0 spiro atoms. The highest BCUT2D eigenvalue weighted by Crippen LogP contribution is 2.30. The first-order valence-corrected chi connectivity index (χ1v) is 8.72. The van der Waals surface area contributed by atoms with Crippen molar-refractivity contribution in [3.63, 3.8) is 0 Å². The molecule has 1 aliphatic heterocycles. The molecule has 0 aromatic heterocycles. The Morgan fingerprint density at radius 1 is 1.25 bits per heavy atom. The lowest BCUT2D eigenvalue weighted by atomic mass is 10.2. The molecule has 2 amide bonds. The van der Waals surface area contributed by atoms with E-state index in [0.29, 0.717) is 11.4 Å². The molecule has 0 saturated heterocycles. The largest absolute Gasteiger partial charge is 0.491 e. The van der Waals surface area contributed by atoms with Crippen molar-refractivity contribution in [2.75, 3.05) is 23.4 Å². The van der Waals surface area contributed by atoms with Gasteiger partial charge in [0.05, 0.1) is 18.7 Å². The highest BCUT2D eigenvalue weighted by Gasteiger charge is 2.27. The minimum Gasteiger partial charge on any atom is -0.491 e. The molecule has 1 atom stereocenters. The van der Waals surface area contributed by atoms with Gasteiger partial charge in [0, 0.05) is 5.69 Å². The van der Waals surface area contributed by atoms with Gasteiger partial charge in [-0.15, -0.1) is 0 Å². The molecule has 0 fully saturated rings. The number of ether oxygens (including phenoxy) is 2. The molecule has 0 unspecified atom stereocenters. The smallest absolute Gasteiger partial charge is 0.326 e. The van der Waals surface area contributed by atoms with Crippen LogP contribution >= 0.6 is 0 Å². The van der Waals surface area contributed by atoms with Gasteiger partial charge in [-0.1, -0.05) is 18.2 Å². The molecule has 0 aliphatic carbocycles. The van der Waals surface area contributed by atoms with Crippen molar-refractivity contribution >= 4 is 29.2 Å². The lowest BCUT2D eigenvalue weighted by Crippen LogP contribution is -2.39. The molecule has 3 rings (SSSR count). The fourth-order valence-electron chi connectivity index (χ4n) is 2.72. The fourth-order valence-corrected chi connectivity index (χ4v) is 2.72. The highest BCUT2D eigenvalue weighted by molar-refractivity contribution is 6.00. The van der Waals surface area contributed by atoms with E-state index in [1.807, 2.05) is 0 Å². The van der Waals surface area contributed by atoms with Crippen molar-refractivity contribution in [2.45, 2.75) is 19.4 Å². The number of carbonyl (C=O) groups excluding carboxylic acids is 3. The quantitative estimate of drug-likeness (QED) is 0.798. The Morgan fingerprint density at radius 3 is 2.82 bits per heavy atom. The SMILES string of the molecule is C[C@@H](OC(=O)CN1C(=O)CCOc2ccccc21)C(=O)Nc1cccc(F)c1. The second-order valence-corrected chi connectivity index (χ2v) is 6.18. The van der Waals surface area contributed by atoms with Crippen LogP contribution in [0.4, 0.5) is 15.8 Å². The van der Waals surface area contributed by atoms with E-state index in [1.165, 1.54) is 30.0 Å². The van der Waals surface area contributed by atoms with E-state index in [4.69, 9.17) is 9.47 Å². The third-order valence-corrected chi connectivity index (χ3v) is 4.09. The number of anilines is 2. The second kappa shape index (κ2) is 8.51. The number of para-hydroxylation sites is 2. The van der Waals surface area contributed by atoms with Crippen molar-refractivity contribution in [1.82, 2.24) is 0 Å². The molecule has 0 saturated carbocycles. The maximum absolute atomic E-state index is 13.2. The number of benzene rings is 2. The lowest BCUT2D eigenvalue weighted by molar-refractivity contribution is -0.152. The second-order valence-electron chi connectivity index (χ2n) is 6.18. The van der Waals surface area contributed by atoms with Gasteiger partial charge in [0.1, 0.15) is 18.1 Å². The van der Waals surface area contributed by atoms with Gasteiger partial charge in [-0.3, -0.25) is 19.3 Å². The summed E-state index contributed by atoms with van der Waals surface area (Å²) in [4.78, 5) is 38.1. The Labute approximate surface area is 161 Å². The maximum atomic E-state index is 13.2. The standard InChI is InChI=1S/C20H19FN2O5/c1-13(20(26)22-15-6-4-5-14(21)11-15)28-19(25)12-23-16-7-2-3-8-17(16)27-10-9-18(23)24/h2-8,11,13H,9-10,12H2,1H3,(H,22,26)/t13-/m1/s1. The molecule has 2 aromatic rings. The van der Waals surface area contributed by atoms with Crippen molar-refractivity contribution in [3.05, 3.63) is 54.3 Å². The zero-order valence-electron chi connectivity index (χ0n) is 15.2. The number of rotatable bonds is 5. The summed E-state index contributed by atoms with van der Waals surface area (Å²) in [5.74, 6) is -1.63. The van der Waals surface area contributed by atoms with Gasteiger partial charge in [0.15, 0.2) is 6.10 Å². The number of nitrogens with zero attached hydrogens (tertiary/aromatic N) is 1.